The highest BCUT2D eigenvalue weighted by Crippen LogP contribution is 2.57. The van der Waals surface area contributed by atoms with Gasteiger partial charge < -0.3 is 0 Å². The molecule has 6 rings (SSSR count). The van der Waals surface area contributed by atoms with Crippen LogP contribution in [-0.4, -0.2) is 22.8 Å². The van der Waals surface area contributed by atoms with Gasteiger partial charge in [-0.25, -0.2) is 9.96 Å². The van der Waals surface area contributed by atoms with Crippen molar-refractivity contribution in [3.05, 3.63) is 135 Å². The zero-order valence-electron chi connectivity index (χ0n) is 19.8. The van der Waals surface area contributed by atoms with Gasteiger partial charge in [-0.1, -0.05) is 76.6 Å². The summed E-state index contributed by atoms with van der Waals surface area (Å²) in [5.41, 5.74) is 0.678. The van der Waals surface area contributed by atoms with E-state index in [1.54, 1.807) is 41.5 Å². The van der Waals surface area contributed by atoms with Gasteiger partial charge >= 0.3 is 0 Å². The number of nitro benzene ring substituents is 1. The number of amides is 2. The first-order valence-electron chi connectivity index (χ1n) is 11.9. The van der Waals surface area contributed by atoms with E-state index in [-0.39, 0.29) is 5.69 Å². The van der Waals surface area contributed by atoms with Gasteiger partial charge in [0.15, 0.2) is 6.10 Å². The number of hydrogen-bond donors (Lipinski definition) is 0. The van der Waals surface area contributed by atoms with Crippen molar-refractivity contribution in [2.45, 2.75) is 17.6 Å². The van der Waals surface area contributed by atoms with Crippen LogP contribution in [0.5, 0.6) is 0 Å². The molecule has 2 amide bonds. The van der Waals surface area contributed by atoms with E-state index >= 15 is 0 Å². The van der Waals surface area contributed by atoms with Crippen molar-refractivity contribution in [1.29, 1.82) is 0 Å². The largest absolute Gasteiger partial charge is 0.273 e. The monoisotopic (exact) mass is 569 g/mol. The van der Waals surface area contributed by atoms with Crippen LogP contribution in [0.1, 0.15) is 17.2 Å². The highest BCUT2D eigenvalue weighted by Gasteiger charge is 2.72. The van der Waals surface area contributed by atoms with Gasteiger partial charge in [0, 0.05) is 16.6 Å². The number of nitro groups is 1. The molecule has 0 N–H and O–H groups in total. The molecule has 0 saturated carbocycles. The maximum absolute atomic E-state index is 14.6. The molecule has 0 bridgehead atoms. The number of hydrogen-bond acceptors (Lipinski definition) is 6. The summed E-state index contributed by atoms with van der Waals surface area (Å²) in [6, 6.07) is 30.6. The molecule has 0 radical (unpaired) electrons. The zero-order chi connectivity index (χ0) is 26.4. The van der Waals surface area contributed by atoms with Gasteiger partial charge in [0.2, 0.25) is 5.91 Å². The van der Waals surface area contributed by atoms with Crippen LogP contribution in [0.4, 0.5) is 17.1 Å². The second kappa shape index (κ2) is 9.20. The molecule has 188 valence electrons. The van der Waals surface area contributed by atoms with Crippen LogP contribution in [0.3, 0.4) is 0 Å². The molecule has 3 atom stereocenters. The predicted octanol–water partition coefficient (Wildman–Crippen LogP) is 5.73. The third-order valence-electron chi connectivity index (χ3n) is 7.07. The molecule has 4 aromatic carbocycles. The quantitative estimate of drug-likeness (QED) is 0.173. The number of carbonyl (C=O) groups excluding carboxylic acids is 2. The number of carbonyl (C=O) groups is 2. The first-order chi connectivity index (χ1) is 18.4. The highest BCUT2D eigenvalue weighted by atomic mass is 79.9. The number of fused-ring (bicyclic) bond motifs is 1. The summed E-state index contributed by atoms with van der Waals surface area (Å²) in [4.78, 5) is 47.1. The summed E-state index contributed by atoms with van der Waals surface area (Å²) in [6.07, 6.45) is -1.20. The average Bonchev–Trinajstić information content (AvgIpc) is 3.41. The Bertz CT molecular complexity index is 1530. The van der Waals surface area contributed by atoms with Crippen molar-refractivity contribution in [2.75, 3.05) is 9.96 Å². The lowest BCUT2D eigenvalue weighted by molar-refractivity contribution is -0.384. The molecule has 0 aromatic heterocycles. The van der Waals surface area contributed by atoms with Crippen molar-refractivity contribution >= 4 is 44.8 Å². The lowest BCUT2D eigenvalue weighted by atomic mass is 9.69. The van der Waals surface area contributed by atoms with Gasteiger partial charge in [-0.3, -0.25) is 24.5 Å². The molecule has 0 aliphatic carbocycles. The number of imide groups is 1. The lowest BCUT2D eigenvalue weighted by Crippen LogP contribution is -2.46. The maximum Gasteiger partial charge on any atom is 0.269 e. The average molecular weight is 570 g/mol. The topological polar surface area (TPSA) is 93.0 Å². The Balaban J connectivity index is 1.61. The zero-order valence-corrected chi connectivity index (χ0v) is 21.4. The fraction of sp³-hybridized carbons (Fsp3) is 0.103. The van der Waals surface area contributed by atoms with Gasteiger partial charge in [0.05, 0.1) is 16.3 Å². The maximum atomic E-state index is 14.6. The number of non-ortho nitro benzene ring substituents is 1. The first kappa shape index (κ1) is 24.0. The number of anilines is 2. The van der Waals surface area contributed by atoms with E-state index in [1.165, 1.54) is 12.1 Å². The standard InChI is InChI=1S/C29H20BrN3O5/c30-21-13-17-22(18-14-21)31-27(34)26-29(28(31)35,20-11-15-24(16-12-20)33(36)37)25(19-7-3-1-4-8-19)32(38-26)23-9-5-2-6-10-23/h1-18,25-26H. The van der Waals surface area contributed by atoms with E-state index in [0.29, 0.717) is 16.9 Å². The fourth-order valence-corrected chi connectivity index (χ4v) is 5.67. The summed E-state index contributed by atoms with van der Waals surface area (Å²) < 4.78 is 0.805. The van der Waals surface area contributed by atoms with E-state index in [0.717, 1.165) is 14.9 Å². The Morgan fingerprint density at radius 3 is 2.00 bits per heavy atom. The van der Waals surface area contributed by atoms with Gasteiger partial charge in [0.1, 0.15) is 11.5 Å². The summed E-state index contributed by atoms with van der Waals surface area (Å²) in [5, 5.41) is 13.0. The van der Waals surface area contributed by atoms with Gasteiger partial charge in [0.25, 0.3) is 11.6 Å². The predicted molar refractivity (Wildman–Crippen MR) is 144 cm³/mol. The first-order valence-corrected chi connectivity index (χ1v) is 12.7. The smallest absolute Gasteiger partial charge is 0.269 e. The Kier molecular flexibility index (Phi) is 5.81. The Morgan fingerprint density at radius 1 is 0.789 bits per heavy atom. The molecule has 4 aromatic rings. The second-order valence-corrected chi connectivity index (χ2v) is 10.0. The minimum Gasteiger partial charge on any atom is -0.273 e. The van der Waals surface area contributed by atoms with Gasteiger partial charge in [-0.15, -0.1) is 0 Å². The van der Waals surface area contributed by atoms with Crippen molar-refractivity contribution in [3.8, 4) is 0 Å². The van der Waals surface area contributed by atoms with E-state index in [1.807, 2.05) is 60.7 Å². The summed E-state index contributed by atoms with van der Waals surface area (Å²) >= 11 is 3.40. The van der Waals surface area contributed by atoms with Crippen LogP contribution >= 0.6 is 15.9 Å². The van der Waals surface area contributed by atoms with E-state index in [9.17, 15) is 19.7 Å². The minimum atomic E-state index is -1.52. The molecule has 2 aliphatic rings. The number of hydroxylamine groups is 1. The Morgan fingerprint density at radius 2 is 1.39 bits per heavy atom. The van der Waals surface area contributed by atoms with Crippen molar-refractivity contribution in [2.24, 2.45) is 0 Å². The summed E-state index contributed by atoms with van der Waals surface area (Å²) in [7, 11) is 0. The summed E-state index contributed by atoms with van der Waals surface area (Å²) in [6.45, 7) is 0. The number of halogens is 1. The molecule has 2 heterocycles. The number of rotatable bonds is 5. The Labute approximate surface area is 226 Å². The van der Waals surface area contributed by atoms with Gasteiger partial charge in [-0.2, -0.15) is 0 Å². The summed E-state index contributed by atoms with van der Waals surface area (Å²) in [5.74, 6) is -0.967. The van der Waals surface area contributed by atoms with Crippen molar-refractivity contribution < 1.29 is 19.3 Å². The normalized spacial score (nSPS) is 22.6. The lowest BCUT2D eigenvalue weighted by Gasteiger charge is -2.35. The van der Waals surface area contributed by atoms with Crippen LogP contribution in [0, 0.1) is 10.1 Å². The third-order valence-corrected chi connectivity index (χ3v) is 7.60. The van der Waals surface area contributed by atoms with Crippen LogP contribution in [0.2, 0.25) is 0 Å². The molecule has 0 spiro atoms. The second-order valence-electron chi connectivity index (χ2n) is 9.09. The SMILES string of the molecule is O=C1C2ON(c3ccccc3)C(c3ccccc3)C2(c2ccc([N+](=O)[O-])cc2)C(=O)N1c1ccc(Br)cc1. The van der Waals surface area contributed by atoms with Gasteiger partial charge in [-0.05, 0) is 47.5 Å². The van der Waals surface area contributed by atoms with E-state index in [4.69, 9.17) is 4.84 Å². The van der Waals surface area contributed by atoms with Crippen molar-refractivity contribution in [1.82, 2.24) is 0 Å². The fourth-order valence-electron chi connectivity index (χ4n) is 5.40. The van der Waals surface area contributed by atoms with Crippen molar-refractivity contribution in [3.63, 3.8) is 0 Å². The van der Waals surface area contributed by atoms with E-state index in [2.05, 4.69) is 15.9 Å². The number of para-hydroxylation sites is 1. The highest BCUT2D eigenvalue weighted by molar-refractivity contribution is 9.10. The number of nitrogens with zero attached hydrogens (tertiary/aromatic N) is 3. The molecule has 2 fully saturated rings. The minimum absolute atomic E-state index is 0.113. The number of benzene rings is 4. The van der Waals surface area contributed by atoms with E-state index < -0.39 is 34.3 Å². The molecular weight excluding hydrogens is 550 g/mol. The molecule has 9 heteroatoms. The van der Waals surface area contributed by atoms with Crippen LogP contribution < -0.4 is 9.96 Å². The molecule has 8 nitrogen and oxygen atoms in total. The molecular formula is C29H20BrN3O5. The van der Waals surface area contributed by atoms with Crippen LogP contribution in [0.25, 0.3) is 0 Å². The molecule has 3 unspecified atom stereocenters. The third kappa shape index (κ3) is 3.54. The van der Waals surface area contributed by atoms with Crippen LogP contribution in [0.15, 0.2) is 114 Å². The molecule has 2 aliphatic heterocycles. The molecule has 2 saturated heterocycles. The Hall–Kier alpha value is -4.34. The van der Waals surface area contributed by atoms with Crippen LogP contribution in [-0.2, 0) is 19.8 Å². The molecule has 38 heavy (non-hydrogen) atoms.